The van der Waals surface area contributed by atoms with E-state index in [1.807, 2.05) is 0 Å². The number of rotatable bonds is 5. The van der Waals surface area contributed by atoms with E-state index < -0.39 is 26.7 Å². The number of phenolic OH excluding ortho intramolecular Hbond substituents is 1. The van der Waals surface area contributed by atoms with Crippen molar-refractivity contribution < 1.29 is 23.1 Å². The van der Waals surface area contributed by atoms with Crippen molar-refractivity contribution in [3.8, 4) is 5.75 Å². The number of hydrogen-bond donors (Lipinski definition) is 4. The van der Waals surface area contributed by atoms with E-state index >= 15 is 0 Å². The molecule has 0 bridgehead atoms. The van der Waals surface area contributed by atoms with Crippen molar-refractivity contribution in [2.75, 3.05) is 5.32 Å². The third-order valence-corrected chi connectivity index (χ3v) is 4.20. The van der Waals surface area contributed by atoms with Gasteiger partial charge < -0.3 is 16.2 Å². The van der Waals surface area contributed by atoms with Crippen molar-refractivity contribution >= 4 is 27.5 Å². The van der Waals surface area contributed by atoms with Crippen LogP contribution in [0.4, 0.5) is 5.69 Å². The Bertz CT molecular complexity index is 892. The Morgan fingerprint density at radius 2 is 1.71 bits per heavy atom. The van der Waals surface area contributed by atoms with Crippen LogP contribution in [0.1, 0.15) is 15.9 Å². The van der Waals surface area contributed by atoms with E-state index in [4.69, 9.17) is 10.9 Å². The zero-order valence-corrected chi connectivity index (χ0v) is 13.2. The summed E-state index contributed by atoms with van der Waals surface area (Å²) in [5, 5.41) is 16.9. The van der Waals surface area contributed by atoms with Crippen LogP contribution >= 0.6 is 0 Å². The van der Waals surface area contributed by atoms with Crippen LogP contribution < -0.4 is 16.2 Å². The predicted molar refractivity (Wildman–Crippen MR) is 86.8 cm³/mol. The van der Waals surface area contributed by atoms with Gasteiger partial charge in [0.25, 0.3) is 0 Å². The fourth-order valence-electron chi connectivity index (χ4n) is 2.18. The topological polar surface area (TPSA) is 153 Å². The maximum atomic E-state index is 12.1. The lowest BCUT2D eigenvalue weighted by atomic mass is 10.1. The van der Waals surface area contributed by atoms with E-state index in [9.17, 15) is 23.1 Å². The number of phenols is 1. The number of nitrogens with one attached hydrogen (secondary N) is 1. The van der Waals surface area contributed by atoms with Crippen LogP contribution in [0.2, 0.25) is 0 Å². The summed E-state index contributed by atoms with van der Waals surface area (Å²) in [6.45, 7) is 0. The Morgan fingerprint density at radius 3 is 2.25 bits per heavy atom. The normalized spacial score (nSPS) is 11.0. The van der Waals surface area contributed by atoms with Crippen LogP contribution in [0.5, 0.6) is 5.75 Å². The minimum atomic E-state index is -4.25. The van der Waals surface area contributed by atoms with E-state index in [0.29, 0.717) is 5.69 Å². The number of hydrogen-bond acceptors (Lipinski definition) is 5. The van der Waals surface area contributed by atoms with Crippen molar-refractivity contribution in [2.45, 2.75) is 11.3 Å². The molecule has 8 nitrogen and oxygen atoms in total. The smallest absolute Gasteiger partial charge is 0.250 e. The Balaban J connectivity index is 2.32. The molecule has 2 aromatic carbocycles. The molecule has 0 atom stereocenters. The van der Waals surface area contributed by atoms with E-state index in [0.717, 1.165) is 0 Å². The standard InChI is InChI=1S/C15H15N3O5S/c16-15(21)12-3-1-2-9(14(12)24(17,22)23)8-13(20)18-10-4-6-11(19)7-5-10/h1-7,19H,8H2,(H2,16,21)(H,18,20)(H2,17,22,23). The summed E-state index contributed by atoms with van der Waals surface area (Å²) in [6, 6.07) is 9.75. The Hall–Kier alpha value is -2.91. The number of primary amides is 1. The highest BCUT2D eigenvalue weighted by atomic mass is 32.2. The highest BCUT2D eigenvalue weighted by Gasteiger charge is 2.23. The van der Waals surface area contributed by atoms with Gasteiger partial charge in [0.05, 0.1) is 16.9 Å². The third kappa shape index (κ3) is 4.09. The molecule has 2 aromatic rings. The molecular formula is C15H15N3O5S. The van der Waals surface area contributed by atoms with Crippen molar-refractivity contribution in [1.29, 1.82) is 0 Å². The Morgan fingerprint density at radius 1 is 1.08 bits per heavy atom. The number of nitrogens with two attached hydrogens (primary N) is 2. The molecule has 0 aliphatic heterocycles. The molecule has 0 unspecified atom stereocenters. The van der Waals surface area contributed by atoms with E-state index in [1.165, 1.54) is 42.5 Å². The van der Waals surface area contributed by atoms with Gasteiger partial charge in [-0.3, -0.25) is 9.59 Å². The SMILES string of the molecule is NC(=O)c1cccc(CC(=O)Nc2ccc(O)cc2)c1S(N)(=O)=O. The van der Waals surface area contributed by atoms with Gasteiger partial charge in [-0.15, -0.1) is 0 Å². The maximum absolute atomic E-state index is 12.1. The van der Waals surface area contributed by atoms with Crippen molar-refractivity contribution in [2.24, 2.45) is 10.9 Å². The average molecular weight is 349 g/mol. The number of benzene rings is 2. The lowest BCUT2D eigenvalue weighted by molar-refractivity contribution is -0.115. The molecule has 0 saturated heterocycles. The first-order valence-electron chi connectivity index (χ1n) is 6.72. The summed E-state index contributed by atoms with van der Waals surface area (Å²) in [7, 11) is -4.25. The zero-order chi connectivity index (χ0) is 17.9. The van der Waals surface area contributed by atoms with Gasteiger partial charge in [0, 0.05) is 5.69 Å². The predicted octanol–water partition coefficient (Wildman–Crippen LogP) is 0.320. The number of primary sulfonamides is 1. The van der Waals surface area contributed by atoms with Crippen LogP contribution in [-0.4, -0.2) is 25.3 Å². The van der Waals surface area contributed by atoms with Crippen molar-refractivity contribution in [1.82, 2.24) is 0 Å². The fraction of sp³-hybridized carbons (Fsp3) is 0.0667. The molecule has 0 radical (unpaired) electrons. The van der Waals surface area contributed by atoms with Gasteiger partial charge in [-0.1, -0.05) is 12.1 Å². The lowest BCUT2D eigenvalue weighted by Gasteiger charge is -2.11. The Kier molecular flexibility index (Phi) is 4.86. The first-order valence-corrected chi connectivity index (χ1v) is 8.26. The summed E-state index contributed by atoms with van der Waals surface area (Å²) in [6.07, 6.45) is -0.326. The zero-order valence-electron chi connectivity index (χ0n) is 12.4. The second kappa shape index (κ2) is 6.69. The number of amides is 2. The molecule has 0 spiro atoms. The maximum Gasteiger partial charge on any atom is 0.250 e. The molecule has 0 aliphatic rings. The van der Waals surface area contributed by atoms with Gasteiger partial charge in [0.1, 0.15) is 5.75 Å². The third-order valence-electron chi connectivity index (χ3n) is 3.15. The highest BCUT2D eigenvalue weighted by Crippen LogP contribution is 2.21. The first kappa shape index (κ1) is 17.4. The highest BCUT2D eigenvalue weighted by molar-refractivity contribution is 7.89. The Labute approximate surface area is 138 Å². The van der Waals surface area contributed by atoms with Crippen LogP contribution in [0.15, 0.2) is 47.4 Å². The monoisotopic (exact) mass is 349 g/mol. The second-order valence-corrected chi connectivity index (χ2v) is 6.47. The van der Waals surface area contributed by atoms with Crippen LogP contribution in [0, 0.1) is 0 Å². The largest absolute Gasteiger partial charge is 0.508 e. The molecule has 0 fully saturated rings. The van der Waals surface area contributed by atoms with Gasteiger partial charge in [-0.2, -0.15) is 0 Å². The lowest BCUT2D eigenvalue weighted by Crippen LogP contribution is -2.24. The van der Waals surface area contributed by atoms with Gasteiger partial charge in [-0.05, 0) is 35.9 Å². The number of carbonyl (C=O) groups excluding carboxylic acids is 2. The van der Waals surface area contributed by atoms with Crippen LogP contribution in [-0.2, 0) is 21.2 Å². The molecule has 24 heavy (non-hydrogen) atoms. The molecule has 0 saturated carbocycles. The molecule has 126 valence electrons. The number of carbonyl (C=O) groups is 2. The molecule has 6 N–H and O–H groups in total. The molecule has 0 aliphatic carbocycles. The molecule has 2 amide bonds. The number of aromatic hydroxyl groups is 1. The number of anilines is 1. The minimum Gasteiger partial charge on any atom is -0.508 e. The fourth-order valence-corrected chi connectivity index (χ4v) is 3.16. The number of sulfonamides is 1. The molecule has 2 rings (SSSR count). The van der Waals surface area contributed by atoms with E-state index in [1.54, 1.807) is 0 Å². The average Bonchev–Trinajstić information content (AvgIpc) is 2.48. The minimum absolute atomic E-state index is 0.0404. The summed E-state index contributed by atoms with van der Waals surface area (Å²) < 4.78 is 23.5. The second-order valence-electron chi connectivity index (χ2n) is 4.97. The summed E-state index contributed by atoms with van der Waals surface area (Å²) in [5.74, 6) is -1.44. The quantitative estimate of drug-likeness (QED) is 0.573. The van der Waals surface area contributed by atoms with Gasteiger partial charge in [0.15, 0.2) is 0 Å². The molecule has 9 heteroatoms. The molecular weight excluding hydrogens is 334 g/mol. The first-order chi connectivity index (χ1) is 11.2. The van der Waals surface area contributed by atoms with Crippen LogP contribution in [0.3, 0.4) is 0 Å². The van der Waals surface area contributed by atoms with Crippen molar-refractivity contribution in [3.05, 3.63) is 53.6 Å². The van der Waals surface area contributed by atoms with Gasteiger partial charge in [0.2, 0.25) is 21.8 Å². The summed E-state index contributed by atoms with van der Waals surface area (Å²) in [5.41, 5.74) is 5.37. The van der Waals surface area contributed by atoms with Gasteiger partial charge >= 0.3 is 0 Å². The molecule has 0 heterocycles. The van der Waals surface area contributed by atoms with Crippen LogP contribution in [0.25, 0.3) is 0 Å². The molecule has 0 aromatic heterocycles. The van der Waals surface area contributed by atoms with Crippen molar-refractivity contribution in [3.63, 3.8) is 0 Å². The van der Waals surface area contributed by atoms with E-state index in [-0.39, 0.29) is 23.3 Å². The summed E-state index contributed by atoms with van der Waals surface area (Å²) >= 11 is 0. The van der Waals surface area contributed by atoms with E-state index in [2.05, 4.69) is 5.32 Å². The van der Waals surface area contributed by atoms with Gasteiger partial charge in [-0.25, -0.2) is 13.6 Å². The summed E-state index contributed by atoms with van der Waals surface area (Å²) in [4.78, 5) is 23.0.